The van der Waals surface area contributed by atoms with Crippen LogP contribution in [0.1, 0.15) is 12.6 Å². The minimum Gasteiger partial charge on any atom is -0.324 e. The van der Waals surface area contributed by atoms with Gasteiger partial charge in [-0.3, -0.25) is 9.78 Å². The summed E-state index contributed by atoms with van der Waals surface area (Å²) in [6.45, 7) is 1.41. The zero-order chi connectivity index (χ0) is 10.6. The Morgan fingerprint density at radius 2 is 2.36 bits per heavy atom. The first-order valence-electron chi connectivity index (χ1n) is 3.83. The Morgan fingerprint density at radius 3 is 2.79 bits per heavy atom. The molecule has 0 atom stereocenters. The van der Waals surface area contributed by atoms with Gasteiger partial charge in [0.2, 0.25) is 5.91 Å². The summed E-state index contributed by atoms with van der Waals surface area (Å²) in [6, 6.07) is 2.81. The molecule has 0 aliphatic heterocycles. The second kappa shape index (κ2) is 5.04. The molecular weight excluding hydrogens is 298 g/mol. The normalized spacial score (nSPS) is 11.2. The monoisotopic (exact) mass is 306 g/mol. The molecule has 1 aromatic heterocycles. The molecular formula is C9H8FIN2O. The van der Waals surface area contributed by atoms with Crippen LogP contribution in [0.3, 0.4) is 0 Å². The van der Waals surface area contributed by atoms with Crippen LogP contribution in [0, 0.1) is 5.82 Å². The topological polar surface area (TPSA) is 42.0 Å². The maximum absolute atomic E-state index is 12.5. The molecule has 14 heavy (non-hydrogen) atoms. The molecule has 0 unspecified atom stereocenters. The van der Waals surface area contributed by atoms with Crippen LogP contribution in [0.4, 0.5) is 4.39 Å². The lowest BCUT2D eigenvalue weighted by molar-refractivity contribution is -0.117. The lowest BCUT2D eigenvalue weighted by Gasteiger charge is -2.05. The summed E-state index contributed by atoms with van der Waals surface area (Å²) in [6.07, 6.45) is 1.11. The zero-order valence-corrected chi connectivity index (χ0v) is 9.58. The summed E-state index contributed by atoms with van der Waals surface area (Å²) in [7, 11) is 0. The van der Waals surface area contributed by atoms with E-state index in [-0.39, 0.29) is 5.91 Å². The maximum atomic E-state index is 12.5. The largest absolute Gasteiger partial charge is 0.324 e. The average Bonchev–Trinajstić information content (AvgIpc) is 2.15. The van der Waals surface area contributed by atoms with Gasteiger partial charge in [0.1, 0.15) is 5.82 Å². The van der Waals surface area contributed by atoms with E-state index in [0.29, 0.717) is 11.4 Å². The molecule has 1 amide bonds. The SMILES string of the molecule is CC(=O)NC(=CI)c1ccc(F)cn1. The van der Waals surface area contributed by atoms with Crippen molar-refractivity contribution in [1.29, 1.82) is 0 Å². The first-order valence-corrected chi connectivity index (χ1v) is 5.08. The van der Waals surface area contributed by atoms with Crippen molar-refractivity contribution in [3.05, 3.63) is 33.9 Å². The van der Waals surface area contributed by atoms with Gasteiger partial charge in [-0.2, -0.15) is 0 Å². The number of rotatable bonds is 2. The molecule has 1 heterocycles. The van der Waals surface area contributed by atoms with Crippen LogP contribution in [0.5, 0.6) is 0 Å². The molecule has 1 N–H and O–H groups in total. The molecule has 0 aliphatic rings. The van der Waals surface area contributed by atoms with Gasteiger partial charge in [-0.25, -0.2) is 4.39 Å². The quantitative estimate of drug-likeness (QED) is 0.850. The van der Waals surface area contributed by atoms with Gasteiger partial charge in [0, 0.05) is 11.0 Å². The van der Waals surface area contributed by atoms with Crippen LogP contribution < -0.4 is 5.32 Å². The maximum Gasteiger partial charge on any atom is 0.221 e. The van der Waals surface area contributed by atoms with Crippen LogP contribution in [0.15, 0.2) is 22.4 Å². The summed E-state index contributed by atoms with van der Waals surface area (Å²) in [5, 5.41) is 2.60. The Balaban J connectivity index is 2.91. The Kier molecular flexibility index (Phi) is 3.99. The summed E-state index contributed by atoms with van der Waals surface area (Å²) in [5.41, 5.74) is 1.11. The number of nitrogens with one attached hydrogen (secondary N) is 1. The molecule has 0 fully saturated rings. The van der Waals surface area contributed by atoms with Crippen LogP contribution in [-0.2, 0) is 4.79 Å². The lowest BCUT2D eigenvalue weighted by atomic mass is 10.3. The third-order valence-corrected chi connectivity index (χ3v) is 2.05. The molecule has 1 aromatic rings. The number of hydrogen-bond donors (Lipinski definition) is 1. The smallest absolute Gasteiger partial charge is 0.221 e. The molecule has 0 saturated carbocycles. The highest BCUT2D eigenvalue weighted by Gasteiger charge is 2.03. The lowest BCUT2D eigenvalue weighted by Crippen LogP contribution is -2.18. The third kappa shape index (κ3) is 3.06. The van der Waals surface area contributed by atoms with E-state index >= 15 is 0 Å². The summed E-state index contributed by atoms with van der Waals surface area (Å²) >= 11 is 1.98. The first-order chi connectivity index (χ1) is 6.63. The number of nitrogens with zero attached hydrogens (tertiary/aromatic N) is 1. The summed E-state index contributed by atoms with van der Waals surface area (Å²) in [5.74, 6) is -0.580. The fraction of sp³-hybridized carbons (Fsp3) is 0.111. The van der Waals surface area contributed by atoms with Gasteiger partial charge in [-0.05, 0) is 12.1 Å². The van der Waals surface area contributed by atoms with Crippen molar-refractivity contribution in [3.8, 4) is 0 Å². The summed E-state index contributed by atoms with van der Waals surface area (Å²) in [4.78, 5) is 14.6. The number of amides is 1. The van der Waals surface area contributed by atoms with Gasteiger partial charge in [-0.1, -0.05) is 22.6 Å². The number of carbonyl (C=O) groups excluding carboxylic acids is 1. The second-order valence-electron chi connectivity index (χ2n) is 2.57. The van der Waals surface area contributed by atoms with Crippen molar-refractivity contribution in [1.82, 2.24) is 10.3 Å². The van der Waals surface area contributed by atoms with Crippen LogP contribution in [0.2, 0.25) is 0 Å². The highest BCUT2D eigenvalue weighted by molar-refractivity contribution is 14.1. The first kappa shape index (κ1) is 11.1. The zero-order valence-electron chi connectivity index (χ0n) is 7.42. The van der Waals surface area contributed by atoms with E-state index in [0.717, 1.165) is 6.20 Å². The molecule has 3 nitrogen and oxygen atoms in total. The average molecular weight is 306 g/mol. The molecule has 1 rings (SSSR count). The van der Waals surface area contributed by atoms with E-state index in [9.17, 15) is 9.18 Å². The molecule has 5 heteroatoms. The molecule has 0 saturated heterocycles. The van der Waals surface area contributed by atoms with Gasteiger partial charge in [0.25, 0.3) is 0 Å². The Morgan fingerprint density at radius 1 is 1.64 bits per heavy atom. The van der Waals surface area contributed by atoms with Gasteiger partial charge >= 0.3 is 0 Å². The molecule has 0 spiro atoms. The van der Waals surface area contributed by atoms with Crippen LogP contribution >= 0.6 is 22.6 Å². The van der Waals surface area contributed by atoms with E-state index in [1.807, 2.05) is 22.6 Å². The third-order valence-electron chi connectivity index (χ3n) is 1.42. The van der Waals surface area contributed by atoms with E-state index in [1.165, 1.54) is 19.1 Å². The number of pyridine rings is 1. The second-order valence-corrected chi connectivity index (χ2v) is 3.19. The molecule has 0 radical (unpaired) electrons. The number of aromatic nitrogens is 1. The Bertz CT molecular complexity index is 362. The van der Waals surface area contributed by atoms with Crippen molar-refractivity contribution >= 4 is 34.2 Å². The van der Waals surface area contributed by atoms with E-state index in [4.69, 9.17) is 0 Å². The number of carbonyl (C=O) groups is 1. The summed E-state index contributed by atoms with van der Waals surface area (Å²) < 4.78 is 14.2. The minimum atomic E-state index is -0.399. The Hall–Kier alpha value is -0.980. The van der Waals surface area contributed by atoms with Gasteiger partial charge in [0.15, 0.2) is 0 Å². The molecule has 0 bridgehead atoms. The van der Waals surface area contributed by atoms with Crippen molar-refractivity contribution in [3.63, 3.8) is 0 Å². The van der Waals surface area contributed by atoms with Crippen molar-refractivity contribution in [2.45, 2.75) is 6.92 Å². The number of hydrogen-bond acceptors (Lipinski definition) is 2. The highest BCUT2D eigenvalue weighted by Crippen LogP contribution is 2.10. The van der Waals surface area contributed by atoms with E-state index < -0.39 is 5.82 Å². The molecule has 0 aliphatic carbocycles. The van der Waals surface area contributed by atoms with Gasteiger partial charge in [0.05, 0.1) is 17.6 Å². The van der Waals surface area contributed by atoms with E-state index in [1.54, 1.807) is 4.08 Å². The number of halogens is 2. The predicted octanol–water partition coefficient (Wildman–Crippen LogP) is 2.09. The predicted molar refractivity (Wildman–Crippen MR) is 60.0 cm³/mol. The van der Waals surface area contributed by atoms with Crippen molar-refractivity contribution in [2.75, 3.05) is 0 Å². The standard InChI is InChI=1S/C9H8FIN2O/c1-6(14)13-9(4-11)8-3-2-7(10)5-12-8/h2-5H,1H3,(H,13,14). The Labute approximate surface area is 94.6 Å². The molecule has 74 valence electrons. The van der Waals surface area contributed by atoms with Crippen LogP contribution in [0.25, 0.3) is 5.70 Å². The van der Waals surface area contributed by atoms with Gasteiger partial charge < -0.3 is 5.32 Å². The van der Waals surface area contributed by atoms with E-state index in [2.05, 4.69) is 10.3 Å². The van der Waals surface area contributed by atoms with Gasteiger partial charge in [-0.15, -0.1) is 0 Å². The minimum absolute atomic E-state index is 0.181. The fourth-order valence-electron chi connectivity index (χ4n) is 0.872. The highest BCUT2D eigenvalue weighted by atomic mass is 127. The van der Waals surface area contributed by atoms with Crippen molar-refractivity contribution < 1.29 is 9.18 Å². The van der Waals surface area contributed by atoms with Crippen molar-refractivity contribution in [2.24, 2.45) is 0 Å². The fourth-order valence-corrected chi connectivity index (χ4v) is 1.35. The van der Waals surface area contributed by atoms with Crippen LogP contribution in [-0.4, -0.2) is 10.9 Å². The molecule has 0 aromatic carbocycles.